The van der Waals surface area contributed by atoms with E-state index in [1.807, 2.05) is 4.90 Å². The topological polar surface area (TPSA) is 62.2 Å². The molecule has 1 atom stereocenters. The highest BCUT2D eigenvalue weighted by Crippen LogP contribution is 2.04. The molecule has 1 unspecified atom stereocenters. The number of carbonyl (C=O) groups excluding carboxylic acids is 1. The zero-order chi connectivity index (χ0) is 14.1. The summed E-state index contributed by atoms with van der Waals surface area (Å²) in [6.45, 7) is 6.87. The molecule has 0 aromatic carbocycles. The zero-order valence-corrected chi connectivity index (χ0v) is 12.0. The van der Waals surface area contributed by atoms with E-state index >= 15 is 0 Å². The number of aliphatic hydroxyl groups excluding tert-OH is 1. The summed E-state index contributed by atoms with van der Waals surface area (Å²) in [7, 11) is 1.62. The molecule has 1 rings (SSSR count). The number of nitrogens with zero attached hydrogens (tertiary/aromatic N) is 2. The Morgan fingerprint density at radius 3 is 2.74 bits per heavy atom. The standard InChI is InChI=1S/C13H26N2O4/c1-12(16)15-5-3-4-14(6-7-15)10-13(17)11-19-9-8-18-2/h13,17H,3-11H2,1-2H3. The molecule has 1 N–H and O–H groups in total. The number of amides is 1. The second-order valence-electron chi connectivity index (χ2n) is 4.88. The molecular weight excluding hydrogens is 248 g/mol. The minimum absolute atomic E-state index is 0.130. The van der Waals surface area contributed by atoms with Crippen molar-refractivity contribution >= 4 is 5.91 Å². The first-order valence-electron chi connectivity index (χ1n) is 6.86. The molecule has 0 aromatic heterocycles. The minimum Gasteiger partial charge on any atom is -0.389 e. The fraction of sp³-hybridized carbons (Fsp3) is 0.923. The van der Waals surface area contributed by atoms with Crippen LogP contribution in [0.3, 0.4) is 0 Å². The van der Waals surface area contributed by atoms with E-state index in [0.29, 0.717) is 26.4 Å². The molecule has 19 heavy (non-hydrogen) atoms. The van der Waals surface area contributed by atoms with Crippen molar-refractivity contribution in [3.63, 3.8) is 0 Å². The molecule has 6 heteroatoms. The number of β-amino-alcohol motifs (C(OH)–C–C–N with tert-alkyl or cyclic N) is 1. The third kappa shape index (κ3) is 6.87. The predicted molar refractivity (Wildman–Crippen MR) is 72.0 cm³/mol. The molecule has 0 saturated carbocycles. The SMILES string of the molecule is COCCOCC(O)CN1CCCN(C(C)=O)CC1. The van der Waals surface area contributed by atoms with Crippen molar-refractivity contribution < 1.29 is 19.4 Å². The van der Waals surface area contributed by atoms with Gasteiger partial charge in [0.1, 0.15) is 0 Å². The van der Waals surface area contributed by atoms with Gasteiger partial charge in [0.05, 0.1) is 25.9 Å². The molecule has 6 nitrogen and oxygen atoms in total. The maximum atomic E-state index is 11.3. The molecule has 1 aliphatic rings. The first-order chi connectivity index (χ1) is 9.13. The summed E-state index contributed by atoms with van der Waals surface area (Å²) in [5.74, 6) is 0.130. The van der Waals surface area contributed by atoms with Gasteiger partial charge in [-0.2, -0.15) is 0 Å². The van der Waals surface area contributed by atoms with E-state index in [1.54, 1.807) is 14.0 Å². The number of aliphatic hydroxyl groups is 1. The Labute approximate surface area is 115 Å². The number of ether oxygens (including phenoxy) is 2. The molecule has 0 aliphatic carbocycles. The van der Waals surface area contributed by atoms with Crippen molar-refractivity contribution in [1.82, 2.24) is 9.80 Å². The normalized spacial score (nSPS) is 19.2. The lowest BCUT2D eigenvalue weighted by Crippen LogP contribution is -2.38. The van der Waals surface area contributed by atoms with Gasteiger partial charge in [0, 0.05) is 40.2 Å². The molecule has 0 spiro atoms. The summed E-state index contributed by atoms with van der Waals surface area (Å²) in [4.78, 5) is 15.4. The quantitative estimate of drug-likeness (QED) is 0.638. The summed E-state index contributed by atoms with van der Waals surface area (Å²) < 4.78 is 10.2. The van der Waals surface area contributed by atoms with Crippen LogP contribution < -0.4 is 0 Å². The maximum Gasteiger partial charge on any atom is 0.219 e. The maximum absolute atomic E-state index is 11.3. The zero-order valence-electron chi connectivity index (χ0n) is 12.0. The summed E-state index contributed by atoms with van der Waals surface area (Å²) in [5.41, 5.74) is 0. The van der Waals surface area contributed by atoms with Crippen molar-refractivity contribution in [2.75, 3.05) is 59.7 Å². The average molecular weight is 274 g/mol. The third-order valence-corrected chi connectivity index (χ3v) is 3.24. The van der Waals surface area contributed by atoms with Crippen LogP contribution in [0.2, 0.25) is 0 Å². The molecule has 1 aliphatic heterocycles. The van der Waals surface area contributed by atoms with Crippen molar-refractivity contribution in [2.24, 2.45) is 0 Å². The predicted octanol–water partition coefficient (Wildman–Crippen LogP) is -0.435. The van der Waals surface area contributed by atoms with Crippen molar-refractivity contribution in [3.05, 3.63) is 0 Å². The molecule has 0 bridgehead atoms. The number of methoxy groups -OCH3 is 1. The van der Waals surface area contributed by atoms with Gasteiger partial charge in [-0.15, -0.1) is 0 Å². The lowest BCUT2D eigenvalue weighted by atomic mass is 10.3. The molecule has 1 saturated heterocycles. The van der Waals surface area contributed by atoms with Gasteiger partial charge < -0.3 is 19.5 Å². The van der Waals surface area contributed by atoms with Crippen molar-refractivity contribution in [1.29, 1.82) is 0 Å². The summed E-state index contributed by atoms with van der Waals surface area (Å²) in [5, 5.41) is 9.88. The Kier molecular flexibility index (Phi) is 7.97. The van der Waals surface area contributed by atoms with Crippen LogP contribution in [0.1, 0.15) is 13.3 Å². The lowest BCUT2D eigenvalue weighted by Gasteiger charge is -2.23. The van der Waals surface area contributed by atoms with Crippen LogP contribution in [0.15, 0.2) is 0 Å². The van der Waals surface area contributed by atoms with Crippen LogP contribution in [-0.2, 0) is 14.3 Å². The summed E-state index contributed by atoms with van der Waals surface area (Å²) >= 11 is 0. The number of hydrogen-bond acceptors (Lipinski definition) is 5. The first kappa shape index (κ1) is 16.4. The molecule has 0 radical (unpaired) electrons. The fourth-order valence-electron chi connectivity index (χ4n) is 2.18. The minimum atomic E-state index is -0.485. The Bertz CT molecular complexity index is 263. The highest BCUT2D eigenvalue weighted by Gasteiger charge is 2.18. The Balaban J connectivity index is 2.19. The van der Waals surface area contributed by atoms with Crippen LogP contribution in [0.4, 0.5) is 0 Å². The third-order valence-electron chi connectivity index (χ3n) is 3.24. The van der Waals surface area contributed by atoms with E-state index in [1.165, 1.54) is 0 Å². The molecule has 0 aromatic rings. The van der Waals surface area contributed by atoms with Crippen molar-refractivity contribution in [3.8, 4) is 0 Å². The molecular formula is C13H26N2O4. The van der Waals surface area contributed by atoms with Gasteiger partial charge in [-0.05, 0) is 13.0 Å². The van der Waals surface area contributed by atoms with Gasteiger partial charge in [0.15, 0.2) is 0 Å². The summed E-state index contributed by atoms with van der Waals surface area (Å²) in [6, 6.07) is 0. The highest BCUT2D eigenvalue weighted by atomic mass is 16.5. The van der Waals surface area contributed by atoms with Crippen LogP contribution in [0.5, 0.6) is 0 Å². The van der Waals surface area contributed by atoms with E-state index in [-0.39, 0.29) is 5.91 Å². The Morgan fingerprint density at radius 2 is 2.05 bits per heavy atom. The van der Waals surface area contributed by atoms with E-state index in [4.69, 9.17) is 9.47 Å². The second-order valence-corrected chi connectivity index (χ2v) is 4.88. The van der Waals surface area contributed by atoms with Crippen LogP contribution in [0, 0.1) is 0 Å². The molecule has 1 fully saturated rings. The lowest BCUT2D eigenvalue weighted by molar-refractivity contribution is -0.128. The Hall–Kier alpha value is -0.690. The van der Waals surface area contributed by atoms with E-state index in [2.05, 4.69) is 4.90 Å². The van der Waals surface area contributed by atoms with Gasteiger partial charge in [0.2, 0.25) is 5.91 Å². The highest BCUT2D eigenvalue weighted by molar-refractivity contribution is 5.73. The van der Waals surface area contributed by atoms with Gasteiger partial charge in [-0.3, -0.25) is 9.69 Å². The number of carbonyl (C=O) groups is 1. The van der Waals surface area contributed by atoms with E-state index in [9.17, 15) is 9.90 Å². The van der Waals surface area contributed by atoms with Crippen LogP contribution >= 0.6 is 0 Å². The molecule has 112 valence electrons. The van der Waals surface area contributed by atoms with Gasteiger partial charge in [-0.25, -0.2) is 0 Å². The monoisotopic (exact) mass is 274 g/mol. The molecule has 1 heterocycles. The second kappa shape index (κ2) is 9.25. The van der Waals surface area contributed by atoms with Crippen molar-refractivity contribution in [2.45, 2.75) is 19.4 Å². The van der Waals surface area contributed by atoms with Gasteiger partial charge in [-0.1, -0.05) is 0 Å². The fourth-order valence-corrected chi connectivity index (χ4v) is 2.18. The van der Waals surface area contributed by atoms with Crippen LogP contribution in [-0.4, -0.2) is 86.6 Å². The number of hydrogen-bond donors (Lipinski definition) is 1. The van der Waals surface area contributed by atoms with E-state index < -0.39 is 6.10 Å². The van der Waals surface area contributed by atoms with Crippen LogP contribution in [0.25, 0.3) is 0 Å². The average Bonchev–Trinajstić information content (AvgIpc) is 2.60. The first-order valence-corrected chi connectivity index (χ1v) is 6.86. The summed E-state index contributed by atoms with van der Waals surface area (Å²) in [6.07, 6.45) is 0.470. The smallest absolute Gasteiger partial charge is 0.219 e. The number of rotatable bonds is 7. The van der Waals surface area contributed by atoms with Gasteiger partial charge >= 0.3 is 0 Å². The van der Waals surface area contributed by atoms with E-state index in [0.717, 1.165) is 32.6 Å². The largest absolute Gasteiger partial charge is 0.389 e. The Morgan fingerprint density at radius 1 is 1.26 bits per heavy atom. The van der Waals surface area contributed by atoms with Gasteiger partial charge in [0.25, 0.3) is 0 Å². The molecule has 1 amide bonds.